The van der Waals surface area contributed by atoms with Crippen LogP contribution in [0.4, 0.5) is 0 Å². The van der Waals surface area contributed by atoms with Crippen LogP contribution in [0.5, 0.6) is 0 Å². The summed E-state index contributed by atoms with van der Waals surface area (Å²) in [6.07, 6.45) is 15.6. The van der Waals surface area contributed by atoms with Gasteiger partial charge in [0.1, 0.15) is 0 Å². The Labute approximate surface area is 109 Å². The number of thioether (sulfide) groups is 1. The Kier molecular flexibility index (Phi) is 5.43. The third-order valence-electron chi connectivity index (χ3n) is 3.74. The second kappa shape index (κ2) is 7.10. The molecule has 17 heavy (non-hydrogen) atoms. The summed E-state index contributed by atoms with van der Waals surface area (Å²) in [4.78, 5) is 0. The summed E-state index contributed by atoms with van der Waals surface area (Å²) in [5, 5.41) is 14.0. The summed E-state index contributed by atoms with van der Waals surface area (Å²) < 4.78 is 0. The summed E-state index contributed by atoms with van der Waals surface area (Å²) in [5.74, 6) is 0. The zero-order valence-corrected chi connectivity index (χ0v) is 11.3. The maximum absolute atomic E-state index is 9.16. The molecule has 1 saturated carbocycles. The number of nitrogens with zero attached hydrogens (tertiary/aromatic N) is 1. The minimum absolute atomic E-state index is 0.452. The lowest BCUT2D eigenvalue weighted by Crippen LogP contribution is -2.23. The van der Waals surface area contributed by atoms with Crippen LogP contribution in [0.3, 0.4) is 0 Å². The average molecular weight is 253 g/mol. The van der Waals surface area contributed by atoms with E-state index in [4.69, 9.17) is 5.21 Å². The fraction of sp³-hybridized carbons (Fsp3) is 0.786. The number of allylic oxidation sites excluding steroid dienone is 2. The Morgan fingerprint density at radius 1 is 1.06 bits per heavy atom. The highest BCUT2D eigenvalue weighted by Crippen LogP contribution is 2.34. The molecule has 0 bridgehead atoms. The molecular formula is C14H23NOS. The fourth-order valence-electron chi connectivity index (χ4n) is 2.74. The van der Waals surface area contributed by atoms with Gasteiger partial charge in [0.15, 0.2) is 0 Å². The van der Waals surface area contributed by atoms with Crippen molar-refractivity contribution in [3.05, 3.63) is 12.2 Å². The van der Waals surface area contributed by atoms with E-state index in [1.54, 1.807) is 0 Å². The van der Waals surface area contributed by atoms with Gasteiger partial charge in [-0.25, -0.2) is 0 Å². The average Bonchev–Trinajstić information content (AvgIpc) is 2.34. The van der Waals surface area contributed by atoms with Crippen LogP contribution in [-0.4, -0.2) is 21.4 Å². The van der Waals surface area contributed by atoms with Crippen LogP contribution in [0.1, 0.15) is 57.8 Å². The molecular weight excluding hydrogens is 230 g/mol. The number of hydrogen-bond acceptors (Lipinski definition) is 3. The van der Waals surface area contributed by atoms with Crippen molar-refractivity contribution in [2.24, 2.45) is 5.16 Å². The molecule has 0 aromatic carbocycles. The van der Waals surface area contributed by atoms with Gasteiger partial charge in [-0.1, -0.05) is 36.6 Å². The number of hydrogen-bond donors (Lipinski definition) is 1. The van der Waals surface area contributed by atoms with E-state index < -0.39 is 0 Å². The zero-order chi connectivity index (χ0) is 11.9. The molecule has 2 nitrogen and oxygen atoms in total. The van der Waals surface area contributed by atoms with Crippen LogP contribution in [0.15, 0.2) is 17.3 Å². The van der Waals surface area contributed by atoms with Gasteiger partial charge in [-0.05, 0) is 38.5 Å². The predicted molar refractivity (Wildman–Crippen MR) is 75.1 cm³/mol. The van der Waals surface area contributed by atoms with Gasteiger partial charge in [0, 0.05) is 10.5 Å². The van der Waals surface area contributed by atoms with Crippen LogP contribution < -0.4 is 0 Å². The van der Waals surface area contributed by atoms with Crippen molar-refractivity contribution < 1.29 is 5.21 Å². The highest BCUT2D eigenvalue weighted by Gasteiger charge is 2.23. The van der Waals surface area contributed by atoms with E-state index in [9.17, 15) is 0 Å². The molecule has 0 aromatic rings. The van der Waals surface area contributed by atoms with Gasteiger partial charge in [0.05, 0.1) is 5.71 Å². The normalized spacial score (nSPS) is 32.0. The smallest absolute Gasteiger partial charge is 0.0703 e. The van der Waals surface area contributed by atoms with E-state index in [1.807, 2.05) is 0 Å². The third-order valence-corrected chi connectivity index (χ3v) is 5.43. The summed E-state index contributed by atoms with van der Waals surface area (Å²) in [5.41, 5.74) is 1.02. The molecule has 0 aromatic heterocycles. The van der Waals surface area contributed by atoms with Crippen LogP contribution in [0, 0.1) is 0 Å². The minimum atomic E-state index is 0.452. The van der Waals surface area contributed by atoms with Crippen LogP contribution in [0.25, 0.3) is 0 Å². The molecule has 2 aliphatic rings. The van der Waals surface area contributed by atoms with Gasteiger partial charge in [0.2, 0.25) is 0 Å². The molecule has 0 amide bonds. The monoisotopic (exact) mass is 253 g/mol. The van der Waals surface area contributed by atoms with Gasteiger partial charge in [-0.2, -0.15) is 0 Å². The number of oxime groups is 1. The highest BCUT2D eigenvalue weighted by molar-refractivity contribution is 8.01. The second-order valence-electron chi connectivity index (χ2n) is 5.06. The van der Waals surface area contributed by atoms with E-state index >= 15 is 0 Å². The molecule has 1 N–H and O–H groups in total. The van der Waals surface area contributed by atoms with E-state index in [-0.39, 0.29) is 0 Å². The van der Waals surface area contributed by atoms with Crippen molar-refractivity contribution in [3.63, 3.8) is 0 Å². The quantitative estimate of drug-likeness (QED) is 0.450. The first kappa shape index (κ1) is 13.0. The summed E-state index contributed by atoms with van der Waals surface area (Å²) in [6.45, 7) is 0. The molecule has 2 rings (SSSR count). The molecule has 1 fully saturated rings. The van der Waals surface area contributed by atoms with Crippen molar-refractivity contribution in [1.29, 1.82) is 0 Å². The Bertz CT molecular complexity index is 282. The maximum Gasteiger partial charge on any atom is 0.0703 e. The lowest BCUT2D eigenvalue weighted by Gasteiger charge is -2.27. The van der Waals surface area contributed by atoms with E-state index in [0.29, 0.717) is 5.25 Å². The van der Waals surface area contributed by atoms with Gasteiger partial charge in [-0.3, -0.25) is 0 Å². The van der Waals surface area contributed by atoms with Crippen LogP contribution >= 0.6 is 11.8 Å². The Morgan fingerprint density at radius 3 is 2.59 bits per heavy atom. The minimum Gasteiger partial charge on any atom is -0.411 e. The lowest BCUT2D eigenvalue weighted by molar-refractivity contribution is 0.316. The van der Waals surface area contributed by atoms with Gasteiger partial charge < -0.3 is 5.21 Å². The first-order valence-corrected chi connectivity index (χ1v) is 7.85. The first-order chi connectivity index (χ1) is 8.40. The second-order valence-corrected chi connectivity index (χ2v) is 6.57. The van der Waals surface area contributed by atoms with Crippen molar-refractivity contribution in [2.75, 3.05) is 0 Å². The standard InChI is InChI=1S/C14H23NOS/c16-15-13-10-6-1-2-7-11-14(13)17-12-8-4-3-5-9-12/h1-2,12,14,16H,3-11H2/b2-1-,15-13+. The topological polar surface area (TPSA) is 32.6 Å². The molecule has 0 saturated heterocycles. The summed E-state index contributed by atoms with van der Waals surface area (Å²) in [7, 11) is 0. The first-order valence-electron chi connectivity index (χ1n) is 6.91. The molecule has 3 heteroatoms. The largest absolute Gasteiger partial charge is 0.411 e. The van der Waals surface area contributed by atoms with E-state index in [2.05, 4.69) is 29.1 Å². The van der Waals surface area contributed by atoms with Crippen LogP contribution in [-0.2, 0) is 0 Å². The summed E-state index contributed by atoms with van der Waals surface area (Å²) >= 11 is 2.07. The molecule has 2 aliphatic carbocycles. The Balaban J connectivity index is 1.92. The fourth-order valence-corrected chi connectivity index (χ4v) is 4.40. The van der Waals surface area contributed by atoms with Crippen LogP contribution in [0.2, 0.25) is 0 Å². The van der Waals surface area contributed by atoms with Crippen molar-refractivity contribution in [1.82, 2.24) is 0 Å². The van der Waals surface area contributed by atoms with Gasteiger partial charge >= 0.3 is 0 Å². The summed E-state index contributed by atoms with van der Waals surface area (Å²) in [6, 6.07) is 0. The molecule has 0 aliphatic heterocycles. The Hall–Kier alpha value is -0.440. The molecule has 0 radical (unpaired) electrons. The molecule has 1 atom stereocenters. The molecule has 1 unspecified atom stereocenters. The predicted octanol–water partition coefficient (Wildman–Crippen LogP) is 4.38. The van der Waals surface area contributed by atoms with Crippen molar-refractivity contribution in [3.8, 4) is 0 Å². The van der Waals surface area contributed by atoms with Crippen molar-refractivity contribution in [2.45, 2.75) is 68.3 Å². The SMILES string of the molecule is O/N=C1\CC/C=C\CCC1SC1CCCCC1. The third kappa shape index (κ3) is 4.06. The number of rotatable bonds is 2. The van der Waals surface area contributed by atoms with Gasteiger partial charge in [0.25, 0.3) is 0 Å². The maximum atomic E-state index is 9.16. The Morgan fingerprint density at radius 2 is 1.82 bits per heavy atom. The highest BCUT2D eigenvalue weighted by atomic mass is 32.2. The molecule has 0 heterocycles. The van der Waals surface area contributed by atoms with Gasteiger partial charge in [-0.15, -0.1) is 11.8 Å². The van der Waals surface area contributed by atoms with E-state index in [1.165, 1.54) is 32.1 Å². The zero-order valence-electron chi connectivity index (χ0n) is 10.5. The molecule has 96 valence electrons. The van der Waals surface area contributed by atoms with Crippen molar-refractivity contribution >= 4 is 17.5 Å². The molecule has 0 spiro atoms. The lowest BCUT2D eigenvalue weighted by atomic mass is 10.0. The van der Waals surface area contributed by atoms with E-state index in [0.717, 1.165) is 36.6 Å².